The van der Waals surface area contributed by atoms with Crippen molar-refractivity contribution in [2.24, 2.45) is 0 Å². The Hall–Kier alpha value is -0.280. The van der Waals surface area contributed by atoms with Crippen molar-refractivity contribution in [1.29, 1.82) is 0 Å². The van der Waals surface area contributed by atoms with Gasteiger partial charge in [0.2, 0.25) is 0 Å². The van der Waals surface area contributed by atoms with Gasteiger partial charge in [-0.05, 0) is 13.8 Å². The Morgan fingerprint density at radius 3 is 2.33 bits per heavy atom. The predicted molar refractivity (Wildman–Crippen MR) is 36.0 cm³/mol. The SMILES string of the molecule is CCOC(C)C(=O)O.Cl. The van der Waals surface area contributed by atoms with Crippen LogP contribution >= 0.6 is 12.4 Å². The van der Waals surface area contributed by atoms with Crippen LogP contribution in [0, 0.1) is 0 Å². The fourth-order valence-electron chi connectivity index (χ4n) is 0.321. The molecule has 0 rings (SSSR count). The molecule has 56 valence electrons. The van der Waals surface area contributed by atoms with Gasteiger partial charge >= 0.3 is 5.97 Å². The highest BCUT2D eigenvalue weighted by atomic mass is 35.5. The molecule has 4 heteroatoms. The first-order valence-corrected chi connectivity index (χ1v) is 2.53. The number of rotatable bonds is 3. The van der Waals surface area contributed by atoms with E-state index < -0.39 is 12.1 Å². The highest BCUT2D eigenvalue weighted by molar-refractivity contribution is 5.85. The smallest absolute Gasteiger partial charge is 0.332 e. The molecule has 0 aromatic heterocycles. The van der Waals surface area contributed by atoms with E-state index in [1.807, 2.05) is 0 Å². The van der Waals surface area contributed by atoms with Gasteiger partial charge in [0.05, 0.1) is 0 Å². The summed E-state index contributed by atoms with van der Waals surface area (Å²) in [4.78, 5) is 9.96. The minimum Gasteiger partial charge on any atom is -0.479 e. The third kappa shape index (κ3) is 5.59. The maximum atomic E-state index is 9.96. The second kappa shape index (κ2) is 5.85. The lowest BCUT2D eigenvalue weighted by atomic mass is 10.4. The van der Waals surface area contributed by atoms with Gasteiger partial charge in [-0.25, -0.2) is 4.79 Å². The molecule has 1 N–H and O–H groups in total. The summed E-state index contributed by atoms with van der Waals surface area (Å²) in [5.74, 6) is -0.910. The van der Waals surface area contributed by atoms with Crippen LogP contribution in [-0.4, -0.2) is 23.8 Å². The Kier molecular flexibility index (Phi) is 7.48. The van der Waals surface area contributed by atoms with Crippen LogP contribution in [0.1, 0.15) is 13.8 Å². The van der Waals surface area contributed by atoms with Crippen LogP contribution in [0.3, 0.4) is 0 Å². The summed E-state index contributed by atoms with van der Waals surface area (Å²) in [5, 5.41) is 8.19. The van der Waals surface area contributed by atoms with Crippen LogP contribution in [0.15, 0.2) is 0 Å². The maximum absolute atomic E-state index is 9.96. The Labute approximate surface area is 60.4 Å². The van der Waals surface area contributed by atoms with Crippen molar-refractivity contribution in [1.82, 2.24) is 0 Å². The lowest BCUT2D eigenvalue weighted by molar-refractivity contribution is -0.148. The number of hydrogen-bond acceptors (Lipinski definition) is 2. The largest absolute Gasteiger partial charge is 0.479 e. The zero-order chi connectivity index (χ0) is 6.57. The number of carboxylic acid groups (broad SMARTS) is 1. The second-order valence-electron chi connectivity index (χ2n) is 1.44. The summed E-state index contributed by atoms with van der Waals surface area (Å²) in [6, 6.07) is 0. The van der Waals surface area contributed by atoms with Gasteiger partial charge in [-0.15, -0.1) is 12.4 Å². The first-order valence-electron chi connectivity index (χ1n) is 2.53. The molecule has 1 unspecified atom stereocenters. The summed E-state index contributed by atoms with van der Waals surface area (Å²) >= 11 is 0. The molecule has 1 atom stereocenters. The first-order chi connectivity index (χ1) is 3.68. The van der Waals surface area contributed by atoms with E-state index in [0.717, 1.165) is 0 Å². The van der Waals surface area contributed by atoms with Crippen LogP contribution in [0.4, 0.5) is 0 Å². The molecule has 0 amide bonds. The molecule has 9 heavy (non-hydrogen) atoms. The lowest BCUT2D eigenvalue weighted by Gasteiger charge is -2.03. The molecule has 0 bridgehead atoms. The number of ether oxygens (including phenoxy) is 1. The number of aliphatic carboxylic acids is 1. The molecule has 0 aromatic carbocycles. The molecule has 0 aromatic rings. The summed E-state index contributed by atoms with van der Waals surface area (Å²) < 4.78 is 4.70. The van der Waals surface area contributed by atoms with E-state index in [-0.39, 0.29) is 12.4 Å². The lowest BCUT2D eigenvalue weighted by Crippen LogP contribution is -2.19. The molecule has 0 aliphatic rings. The quantitative estimate of drug-likeness (QED) is 0.658. The zero-order valence-corrected chi connectivity index (χ0v) is 6.27. The van der Waals surface area contributed by atoms with Gasteiger partial charge < -0.3 is 9.84 Å². The highest BCUT2D eigenvalue weighted by Crippen LogP contribution is 1.87. The van der Waals surface area contributed by atoms with Gasteiger partial charge in [0.1, 0.15) is 0 Å². The molecular weight excluding hydrogens is 144 g/mol. The van der Waals surface area contributed by atoms with Crippen LogP contribution in [0.5, 0.6) is 0 Å². The maximum Gasteiger partial charge on any atom is 0.332 e. The average Bonchev–Trinajstić information content (AvgIpc) is 1.67. The Morgan fingerprint density at radius 2 is 2.22 bits per heavy atom. The summed E-state index contributed by atoms with van der Waals surface area (Å²) in [5.41, 5.74) is 0. The molecule has 0 radical (unpaired) electrons. The van der Waals surface area contributed by atoms with Gasteiger partial charge in [0.15, 0.2) is 6.10 Å². The fourth-order valence-corrected chi connectivity index (χ4v) is 0.321. The molecular formula is C5H11ClO3. The van der Waals surface area contributed by atoms with E-state index in [9.17, 15) is 4.79 Å². The third-order valence-electron chi connectivity index (χ3n) is 0.764. The molecule has 0 aliphatic carbocycles. The Morgan fingerprint density at radius 1 is 1.78 bits per heavy atom. The monoisotopic (exact) mass is 154 g/mol. The minimum atomic E-state index is -0.910. The van der Waals surface area contributed by atoms with Crippen molar-refractivity contribution in [2.75, 3.05) is 6.61 Å². The number of carbonyl (C=O) groups is 1. The minimum absolute atomic E-state index is 0. The summed E-state index contributed by atoms with van der Waals surface area (Å²) in [6.07, 6.45) is -0.667. The van der Waals surface area contributed by atoms with Crippen molar-refractivity contribution < 1.29 is 14.6 Å². The molecule has 3 nitrogen and oxygen atoms in total. The van der Waals surface area contributed by atoms with Crippen molar-refractivity contribution >= 4 is 18.4 Å². The van der Waals surface area contributed by atoms with Gasteiger partial charge in [0.25, 0.3) is 0 Å². The van der Waals surface area contributed by atoms with E-state index in [0.29, 0.717) is 6.61 Å². The molecule has 0 saturated heterocycles. The van der Waals surface area contributed by atoms with Crippen molar-refractivity contribution in [2.45, 2.75) is 20.0 Å². The molecule has 0 heterocycles. The standard InChI is InChI=1S/C5H10O3.ClH/c1-3-8-4(2)5(6)7;/h4H,3H2,1-2H3,(H,6,7);1H. The van der Waals surface area contributed by atoms with Gasteiger partial charge in [-0.1, -0.05) is 0 Å². The van der Waals surface area contributed by atoms with Crippen LogP contribution < -0.4 is 0 Å². The van der Waals surface area contributed by atoms with Crippen LogP contribution in [0.2, 0.25) is 0 Å². The fraction of sp³-hybridized carbons (Fsp3) is 0.800. The zero-order valence-electron chi connectivity index (χ0n) is 5.46. The van der Waals surface area contributed by atoms with Gasteiger partial charge in [-0.3, -0.25) is 0 Å². The number of hydrogen-bond donors (Lipinski definition) is 1. The Bertz CT molecular complexity index is 84.3. The summed E-state index contributed by atoms with van der Waals surface area (Å²) in [7, 11) is 0. The van der Waals surface area contributed by atoms with Gasteiger partial charge in [0, 0.05) is 6.61 Å². The third-order valence-corrected chi connectivity index (χ3v) is 0.764. The van der Waals surface area contributed by atoms with Crippen LogP contribution in [-0.2, 0) is 9.53 Å². The Balaban J connectivity index is 0. The van der Waals surface area contributed by atoms with Crippen molar-refractivity contribution in [3.05, 3.63) is 0 Å². The van der Waals surface area contributed by atoms with Gasteiger partial charge in [-0.2, -0.15) is 0 Å². The van der Waals surface area contributed by atoms with E-state index in [2.05, 4.69) is 0 Å². The summed E-state index contributed by atoms with van der Waals surface area (Å²) in [6.45, 7) is 3.72. The number of halogens is 1. The van der Waals surface area contributed by atoms with E-state index in [1.54, 1.807) is 6.92 Å². The highest BCUT2D eigenvalue weighted by Gasteiger charge is 2.07. The van der Waals surface area contributed by atoms with E-state index in [4.69, 9.17) is 9.84 Å². The molecule has 0 aliphatic heterocycles. The van der Waals surface area contributed by atoms with E-state index in [1.165, 1.54) is 6.92 Å². The average molecular weight is 155 g/mol. The van der Waals surface area contributed by atoms with Crippen LogP contribution in [0.25, 0.3) is 0 Å². The van der Waals surface area contributed by atoms with Crippen molar-refractivity contribution in [3.63, 3.8) is 0 Å². The molecule has 0 saturated carbocycles. The normalized spacial score (nSPS) is 11.8. The predicted octanol–water partition coefficient (Wildman–Crippen LogP) is 0.918. The second-order valence-corrected chi connectivity index (χ2v) is 1.44. The molecule has 0 fully saturated rings. The first kappa shape index (κ1) is 11.5. The topological polar surface area (TPSA) is 46.5 Å². The number of carboxylic acids is 1. The van der Waals surface area contributed by atoms with E-state index >= 15 is 0 Å². The molecule has 0 spiro atoms. The van der Waals surface area contributed by atoms with Crippen molar-refractivity contribution in [3.8, 4) is 0 Å².